The summed E-state index contributed by atoms with van der Waals surface area (Å²) in [7, 11) is 1.09. The van der Waals surface area contributed by atoms with E-state index in [0.717, 1.165) is 38.7 Å². The SMILES string of the molecule is CN(C(=O)C(F)(F)F)c1ccc(N2CCCCC2)c(Cl)c1. The van der Waals surface area contributed by atoms with E-state index in [1.54, 1.807) is 6.07 Å². The summed E-state index contributed by atoms with van der Waals surface area (Å²) in [5.74, 6) is -1.91. The van der Waals surface area contributed by atoms with Crippen LogP contribution >= 0.6 is 11.6 Å². The van der Waals surface area contributed by atoms with E-state index < -0.39 is 12.1 Å². The van der Waals surface area contributed by atoms with E-state index in [1.165, 1.54) is 18.6 Å². The second kappa shape index (κ2) is 6.13. The fraction of sp³-hybridized carbons (Fsp3) is 0.500. The molecule has 1 aliphatic heterocycles. The van der Waals surface area contributed by atoms with Gasteiger partial charge in [0.05, 0.1) is 10.7 Å². The predicted octanol–water partition coefficient (Wildman–Crippen LogP) is 3.86. The molecule has 2 rings (SSSR count). The van der Waals surface area contributed by atoms with Crippen LogP contribution in [0.1, 0.15) is 19.3 Å². The molecule has 0 unspecified atom stereocenters. The van der Waals surface area contributed by atoms with Crippen molar-refractivity contribution in [3.63, 3.8) is 0 Å². The van der Waals surface area contributed by atoms with E-state index >= 15 is 0 Å². The zero-order valence-electron chi connectivity index (χ0n) is 11.6. The first-order valence-corrected chi connectivity index (χ1v) is 7.08. The summed E-state index contributed by atoms with van der Waals surface area (Å²) >= 11 is 6.16. The maximum Gasteiger partial charge on any atom is 0.471 e. The van der Waals surface area contributed by atoms with Gasteiger partial charge in [-0.2, -0.15) is 13.2 Å². The number of rotatable bonds is 2. The smallest absolute Gasteiger partial charge is 0.370 e. The van der Waals surface area contributed by atoms with Crippen LogP contribution in [-0.4, -0.2) is 32.2 Å². The van der Waals surface area contributed by atoms with Crippen LogP contribution in [0.15, 0.2) is 18.2 Å². The molecule has 0 bridgehead atoms. The van der Waals surface area contributed by atoms with Gasteiger partial charge in [-0.15, -0.1) is 0 Å². The molecule has 1 aliphatic rings. The molecular formula is C14H16ClF3N2O. The highest BCUT2D eigenvalue weighted by atomic mass is 35.5. The molecule has 1 aromatic carbocycles. The summed E-state index contributed by atoms with van der Waals surface area (Å²) < 4.78 is 37.3. The van der Waals surface area contributed by atoms with Crippen LogP contribution in [0.3, 0.4) is 0 Å². The minimum Gasteiger partial charge on any atom is -0.370 e. The Kier molecular flexibility index (Phi) is 4.66. The van der Waals surface area contributed by atoms with Crippen LogP contribution in [0, 0.1) is 0 Å². The maximum absolute atomic E-state index is 12.4. The van der Waals surface area contributed by atoms with E-state index in [1.807, 2.05) is 0 Å². The molecule has 7 heteroatoms. The zero-order chi connectivity index (χ0) is 15.6. The lowest BCUT2D eigenvalue weighted by atomic mass is 10.1. The highest BCUT2D eigenvalue weighted by Gasteiger charge is 2.41. The molecule has 116 valence electrons. The fourth-order valence-electron chi connectivity index (χ4n) is 2.40. The second-order valence-corrected chi connectivity index (χ2v) is 5.45. The normalized spacial score (nSPS) is 16.0. The van der Waals surface area contributed by atoms with E-state index in [-0.39, 0.29) is 5.69 Å². The number of hydrogen-bond donors (Lipinski definition) is 0. The molecular weight excluding hydrogens is 305 g/mol. The summed E-state index contributed by atoms with van der Waals surface area (Å²) in [4.78, 5) is 13.9. The van der Waals surface area contributed by atoms with E-state index in [0.29, 0.717) is 9.92 Å². The van der Waals surface area contributed by atoms with Crippen molar-refractivity contribution in [1.29, 1.82) is 0 Å². The quantitative estimate of drug-likeness (QED) is 0.826. The number of hydrogen-bond acceptors (Lipinski definition) is 2. The molecule has 1 fully saturated rings. The minimum absolute atomic E-state index is 0.128. The van der Waals surface area contributed by atoms with Crippen molar-refractivity contribution >= 4 is 28.9 Å². The van der Waals surface area contributed by atoms with Crippen molar-refractivity contribution in [2.75, 3.05) is 29.9 Å². The Morgan fingerprint density at radius 3 is 2.38 bits per heavy atom. The summed E-state index contributed by atoms with van der Waals surface area (Å²) in [5, 5.41) is 0.358. The van der Waals surface area contributed by atoms with Gasteiger partial charge < -0.3 is 9.80 Å². The van der Waals surface area contributed by atoms with Gasteiger partial charge in [-0.25, -0.2) is 0 Å². The number of nitrogens with zero attached hydrogens (tertiary/aromatic N) is 2. The Bertz CT molecular complexity index is 527. The first kappa shape index (κ1) is 15.9. The maximum atomic E-state index is 12.4. The third kappa shape index (κ3) is 3.61. The van der Waals surface area contributed by atoms with Crippen LogP contribution < -0.4 is 9.80 Å². The number of carbonyl (C=O) groups excluding carboxylic acids is 1. The van der Waals surface area contributed by atoms with E-state index in [2.05, 4.69) is 4.90 Å². The molecule has 0 N–H and O–H groups in total. The molecule has 0 saturated carbocycles. The molecule has 3 nitrogen and oxygen atoms in total. The van der Waals surface area contributed by atoms with Crippen molar-refractivity contribution in [3.8, 4) is 0 Å². The molecule has 0 spiro atoms. The molecule has 0 atom stereocenters. The molecule has 1 heterocycles. The van der Waals surface area contributed by atoms with Gasteiger partial charge in [0.25, 0.3) is 0 Å². The van der Waals surface area contributed by atoms with Crippen LogP contribution in [0.2, 0.25) is 5.02 Å². The average molecular weight is 321 g/mol. The standard InChI is InChI=1S/C14H16ClF3N2O/c1-19(13(21)14(16,17)18)10-5-6-12(11(15)9-10)20-7-3-2-4-8-20/h5-6,9H,2-4,7-8H2,1H3. The lowest BCUT2D eigenvalue weighted by Crippen LogP contribution is -2.38. The van der Waals surface area contributed by atoms with Gasteiger partial charge in [0, 0.05) is 25.8 Å². The van der Waals surface area contributed by atoms with Crippen LogP contribution in [-0.2, 0) is 4.79 Å². The fourth-order valence-corrected chi connectivity index (χ4v) is 2.70. The number of amides is 1. The van der Waals surface area contributed by atoms with Gasteiger partial charge in [0.2, 0.25) is 0 Å². The van der Waals surface area contributed by atoms with Crippen LogP contribution in [0.4, 0.5) is 24.5 Å². The average Bonchev–Trinajstić information content (AvgIpc) is 2.45. The molecule has 1 saturated heterocycles. The van der Waals surface area contributed by atoms with Crippen molar-refractivity contribution in [2.24, 2.45) is 0 Å². The molecule has 21 heavy (non-hydrogen) atoms. The second-order valence-electron chi connectivity index (χ2n) is 5.05. The Balaban J connectivity index is 2.20. The molecule has 0 aliphatic carbocycles. The van der Waals surface area contributed by atoms with Crippen LogP contribution in [0.5, 0.6) is 0 Å². The van der Waals surface area contributed by atoms with Gasteiger partial charge in [-0.05, 0) is 37.5 Å². The van der Waals surface area contributed by atoms with E-state index in [4.69, 9.17) is 11.6 Å². The van der Waals surface area contributed by atoms with Gasteiger partial charge >= 0.3 is 12.1 Å². The summed E-state index contributed by atoms with van der Waals surface area (Å²) in [6.07, 6.45) is -1.57. The first-order valence-electron chi connectivity index (χ1n) is 6.70. The number of carbonyl (C=O) groups is 1. The van der Waals surface area contributed by atoms with Crippen molar-refractivity contribution in [3.05, 3.63) is 23.2 Å². The Morgan fingerprint density at radius 2 is 1.86 bits per heavy atom. The highest BCUT2D eigenvalue weighted by molar-refractivity contribution is 6.33. The lowest BCUT2D eigenvalue weighted by Gasteiger charge is -2.30. The van der Waals surface area contributed by atoms with E-state index in [9.17, 15) is 18.0 Å². The largest absolute Gasteiger partial charge is 0.471 e. The number of anilines is 2. The number of halogens is 4. The predicted molar refractivity (Wildman–Crippen MR) is 77.0 cm³/mol. The number of piperidine rings is 1. The third-order valence-corrected chi connectivity index (χ3v) is 3.87. The lowest BCUT2D eigenvalue weighted by molar-refractivity contribution is -0.170. The summed E-state index contributed by atoms with van der Waals surface area (Å²) in [5.41, 5.74) is 0.927. The summed E-state index contributed by atoms with van der Waals surface area (Å²) in [6, 6.07) is 4.55. The van der Waals surface area contributed by atoms with Gasteiger partial charge in [0.1, 0.15) is 0 Å². The van der Waals surface area contributed by atoms with Crippen LogP contribution in [0.25, 0.3) is 0 Å². The molecule has 0 aromatic heterocycles. The Morgan fingerprint density at radius 1 is 1.24 bits per heavy atom. The third-order valence-electron chi connectivity index (χ3n) is 3.56. The monoisotopic (exact) mass is 320 g/mol. The molecule has 1 amide bonds. The van der Waals surface area contributed by atoms with Crippen molar-refractivity contribution in [2.45, 2.75) is 25.4 Å². The first-order chi connectivity index (χ1) is 9.80. The van der Waals surface area contributed by atoms with Crippen molar-refractivity contribution in [1.82, 2.24) is 0 Å². The topological polar surface area (TPSA) is 23.6 Å². The van der Waals surface area contributed by atoms with Crippen molar-refractivity contribution < 1.29 is 18.0 Å². The Hall–Kier alpha value is -1.43. The zero-order valence-corrected chi connectivity index (χ0v) is 12.3. The number of benzene rings is 1. The Labute approximate surface area is 126 Å². The summed E-state index contributed by atoms with van der Waals surface area (Å²) in [6.45, 7) is 1.77. The van der Waals surface area contributed by atoms with Gasteiger partial charge in [0.15, 0.2) is 0 Å². The minimum atomic E-state index is -4.90. The van der Waals surface area contributed by atoms with Gasteiger partial charge in [-0.1, -0.05) is 11.6 Å². The van der Waals surface area contributed by atoms with Gasteiger partial charge in [-0.3, -0.25) is 4.79 Å². The molecule has 1 aromatic rings. The number of alkyl halides is 3. The highest BCUT2D eigenvalue weighted by Crippen LogP contribution is 2.32. The molecule has 0 radical (unpaired) electrons.